The Hall–Kier alpha value is -1.55. The number of rotatable bonds is 6. The van der Waals surface area contributed by atoms with Gasteiger partial charge in [-0.1, -0.05) is 48.0 Å². The van der Waals surface area contributed by atoms with Crippen LogP contribution in [-0.4, -0.2) is 49.6 Å². The highest BCUT2D eigenvalue weighted by atomic mass is 35.5. The number of ether oxygens (including phenoxy) is 1. The van der Waals surface area contributed by atoms with Gasteiger partial charge in [-0.25, -0.2) is 0 Å². The van der Waals surface area contributed by atoms with Crippen LogP contribution in [0.5, 0.6) is 5.75 Å². The van der Waals surface area contributed by atoms with Crippen LogP contribution in [0.1, 0.15) is 11.1 Å². The van der Waals surface area contributed by atoms with Gasteiger partial charge in [0.05, 0.1) is 5.02 Å². The molecule has 1 saturated heterocycles. The van der Waals surface area contributed by atoms with Gasteiger partial charge in [-0.2, -0.15) is 0 Å². The topological polar surface area (TPSA) is 15.7 Å². The van der Waals surface area contributed by atoms with Crippen molar-refractivity contribution in [3.63, 3.8) is 0 Å². The van der Waals surface area contributed by atoms with Gasteiger partial charge in [0, 0.05) is 32.7 Å². The molecule has 0 atom stereocenters. The second-order valence-electron chi connectivity index (χ2n) is 6.43. The fourth-order valence-corrected chi connectivity index (χ4v) is 3.17. The summed E-state index contributed by atoms with van der Waals surface area (Å²) in [5.41, 5.74) is 2.42. The number of likely N-dealkylation sites (N-methyl/N-ethyl adjacent to an activating group) is 1. The zero-order valence-electron chi connectivity index (χ0n) is 14.2. The molecule has 1 fully saturated rings. The van der Waals surface area contributed by atoms with E-state index in [0.717, 1.165) is 50.5 Å². The van der Waals surface area contributed by atoms with Crippen LogP contribution in [0.3, 0.4) is 0 Å². The highest BCUT2D eigenvalue weighted by molar-refractivity contribution is 6.32. The fraction of sp³-hybridized carbons (Fsp3) is 0.400. The first-order chi connectivity index (χ1) is 11.7. The molecule has 24 heavy (non-hydrogen) atoms. The molecule has 1 aliphatic rings. The first kappa shape index (κ1) is 17.3. The van der Waals surface area contributed by atoms with Crippen LogP contribution in [0.4, 0.5) is 0 Å². The molecule has 4 heteroatoms. The van der Waals surface area contributed by atoms with Crippen LogP contribution in [0, 0.1) is 0 Å². The molecule has 2 aromatic carbocycles. The van der Waals surface area contributed by atoms with Gasteiger partial charge in [-0.15, -0.1) is 0 Å². The van der Waals surface area contributed by atoms with E-state index in [9.17, 15) is 0 Å². The van der Waals surface area contributed by atoms with Crippen molar-refractivity contribution in [2.45, 2.75) is 13.0 Å². The zero-order valence-corrected chi connectivity index (χ0v) is 15.0. The van der Waals surface area contributed by atoms with Crippen molar-refractivity contribution in [1.29, 1.82) is 0 Å². The minimum atomic E-state index is 0.543. The van der Waals surface area contributed by atoms with Gasteiger partial charge in [0.25, 0.3) is 0 Å². The molecule has 3 rings (SSSR count). The SMILES string of the molecule is CN1CCN(CCc2ccc(OCc3ccccc3)c(Cl)c2)CC1. The minimum absolute atomic E-state index is 0.543. The molecule has 0 unspecified atom stereocenters. The third-order valence-corrected chi connectivity index (χ3v) is 4.84. The van der Waals surface area contributed by atoms with Gasteiger partial charge in [0.2, 0.25) is 0 Å². The molecule has 0 spiro atoms. The highest BCUT2D eigenvalue weighted by Crippen LogP contribution is 2.26. The molecule has 1 aliphatic heterocycles. The van der Waals surface area contributed by atoms with Crippen molar-refractivity contribution in [2.75, 3.05) is 39.8 Å². The third-order valence-electron chi connectivity index (χ3n) is 4.55. The second-order valence-corrected chi connectivity index (χ2v) is 6.84. The summed E-state index contributed by atoms with van der Waals surface area (Å²) < 4.78 is 5.84. The van der Waals surface area contributed by atoms with Gasteiger partial charge in [0.1, 0.15) is 12.4 Å². The quantitative estimate of drug-likeness (QED) is 0.794. The van der Waals surface area contributed by atoms with Gasteiger partial charge < -0.3 is 14.5 Å². The maximum Gasteiger partial charge on any atom is 0.138 e. The van der Waals surface area contributed by atoms with Crippen LogP contribution in [0.25, 0.3) is 0 Å². The minimum Gasteiger partial charge on any atom is -0.487 e. The molecule has 0 aliphatic carbocycles. The average molecular weight is 345 g/mol. The van der Waals surface area contributed by atoms with Gasteiger partial charge in [-0.05, 0) is 36.7 Å². The van der Waals surface area contributed by atoms with Crippen molar-refractivity contribution in [2.24, 2.45) is 0 Å². The Morgan fingerprint density at radius 3 is 2.42 bits per heavy atom. The maximum absolute atomic E-state index is 6.39. The molecule has 0 saturated carbocycles. The first-order valence-corrected chi connectivity index (χ1v) is 8.94. The normalized spacial score (nSPS) is 16.2. The number of halogens is 1. The standard InChI is InChI=1S/C20H25ClN2O/c1-22-11-13-23(14-12-22)10-9-17-7-8-20(19(21)15-17)24-16-18-5-3-2-4-6-18/h2-8,15H,9-14,16H2,1H3. The van der Waals surface area contributed by atoms with Crippen molar-refractivity contribution in [3.05, 3.63) is 64.7 Å². The molecular weight excluding hydrogens is 320 g/mol. The molecule has 3 nitrogen and oxygen atoms in total. The number of piperazine rings is 1. The summed E-state index contributed by atoms with van der Waals surface area (Å²) >= 11 is 6.39. The van der Waals surface area contributed by atoms with Gasteiger partial charge in [0.15, 0.2) is 0 Å². The van der Waals surface area contributed by atoms with Crippen molar-refractivity contribution < 1.29 is 4.74 Å². The van der Waals surface area contributed by atoms with E-state index in [2.05, 4.69) is 35.0 Å². The average Bonchev–Trinajstić information content (AvgIpc) is 2.61. The maximum atomic E-state index is 6.39. The Morgan fingerprint density at radius 2 is 1.71 bits per heavy atom. The molecule has 0 radical (unpaired) electrons. The third kappa shape index (κ3) is 4.97. The molecule has 0 bridgehead atoms. The van der Waals surface area contributed by atoms with Crippen LogP contribution >= 0.6 is 11.6 Å². The highest BCUT2D eigenvalue weighted by Gasteiger charge is 2.13. The smallest absolute Gasteiger partial charge is 0.138 e. The van der Waals surface area contributed by atoms with E-state index in [1.54, 1.807) is 0 Å². The lowest BCUT2D eigenvalue weighted by Crippen LogP contribution is -2.45. The number of hydrogen-bond acceptors (Lipinski definition) is 3. The van der Waals surface area contributed by atoms with Crippen molar-refractivity contribution in [3.8, 4) is 5.75 Å². The van der Waals surface area contributed by atoms with E-state index >= 15 is 0 Å². The monoisotopic (exact) mass is 344 g/mol. The van der Waals surface area contributed by atoms with E-state index in [-0.39, 0.29) is 0 Å². The number of nitrogens with zero attached hydrogens (tertiary/aromatic N) is 2. The molecule has 2 aromatic rings. The van der Waals surface area contributed by atoms with E-state index < -0.39 is 0 Å². The summed E-state index contributed by atoms with van der Waals surface area (Å²) in [6.45, 7) is 6.26. The summed E-state index contributed by atoms with van der Waals surface area (Å²) in [7, 11) is 2.19. The summed E-state index contributed by atoms with van der Waals surface area (Å²) in [6, 6.07) is 16.3. The molecular formula is C20H25ClN2O. The molecule has 0 amide bonds. The number of benzene rings is 2. The second kappa shape index (κ2) is 8.52. The summed E-state index contributed by atoms with van der Waals surface area (Å²) in [5.74, 6) is 0.754. The molecule has 0 N–H and O–H groups in total. The van der Waals surface area contributed by atoms with Crippen LogP contribution in [-0.2, 0) is 13.0 Å². The Labute approximate surface area is 149 Å². The largest absolute Gasteiger partial charge is 0.487 e. The first-order valence-electron chi connectivity index (χ1n) is 8.57. The Morgan fingerprint density at radius 1 is 0.958 bits per heavy atom. The Kier molecular flexibility index (Phi) is 6.13. The lowest BCUT2D eigenvalue weighted by molar-refractivity contribution is 0.155. The van der Waals surface area contributed by atoms with E-state index in [0.29, 0.717) is 11.6 Å². The Balaban J connectivity index is 1.50. The van der Waals surface area contributed by atoms with Crippen molar-refractivity contribution in [1.82, 2.24) is 9.80 Å². The lowest BCUT2D eigenvalue weighted by Gasteiger charge is -2.32. The lowest BCUT2D eigenvalue weighted by atomic mass is 10.1. The Bertz CT molecular complexity index is 639. The molecule has 1 heterocycles. The van der Waals surface area contributed by atoms with Gasteiger partial charge >= 0.3 is 0 Å². The van der Waals surface area contributed by atoms with Crippen LogP contribution in [0.15, 0.2) is 48.5 Å². The summed E-state index contributed by atoms with van der Waals surface area (Å²) in [6.07, 6.45) is 1.03. The fourth-order valence-electron chi connectivity index (χ4n) is 2.91. The van der Waals surface area contributed by atoms with E-state index in [1.165, 1.54) is 5.56 Å². The van der Waals surface area contributed by atoms with Crippen LogP contribution in [0.2, 0.25) is 5.02 Å². The summed E-state index contributed by atoms with van der Waals surface area (Å²) in [5, 5.41) is 0.696. The van der Waals surface area contributed by atoms with E-state index in [1.807, 2.05) is 30.3 Å². The van der Waals surface area contributed by atoms with E-state index in [4.69, 9.17) is 16.3 Å². The zero-order chi connectivity index (χ0) is 16.8. The predicted octanol–water partition coefficient (Wildman–Crippen LogP) is 3.71. The number of hydrogen-bond donors (Lipinski definition) is 0. The molecule has 128 valence electrons. The van der Waals surface area contributed by atoms with Crippen molar-refractivity contribution >= 4 is 11.6 Å². The summed E-state index contributed by atoms with van der Waals surface area (Å²) in [4.78, 5) is 4.90. The molecule has 0 aromatic heterocycles. The predicted molar refractivity (Wildman–Crippen MR) is 99.9 cm³/mol. The van der Waals surface area contributed by atoms with Gasteiger partial charge in [-0.3, -0.25) is 0 Å². The van der Waals surface area contributed by atoms with Crippen LogP contribution < -0.4 is 4.74 Å².